The highest BCUT2D eigenvalue weighted by Gasteiger charge is 2.09. The van der Waals surface area contributed by atoms with Gasteiger partial charge in [-0.1, -0.05) is 42.5 Å². The van der Waals surface area contributed by atoms with Gasteiger partial charge in [-0.05, 0) is 49.6 Å². The van der Waals surface area contributed by atoms with E-state index >= 15 is 0 Å². The fourth-order valence-electron chi connectivity index (χ4n) is 3.13. The normalized spacial score (nSPS) is 11.1. The molecule has 1 aromatic heterocycles. The number of halogens is 1. The minimum atomic E-state index is 0. The molecule has 1 heterocycles. The lowest BCUT2D eigenvalue weighted by Gasteiger charge is -2.15. The van der Waals surface area contributed by atoms with Gasteiger partial charge in [0, 0.05) is 25.8 Å². The molecule has 0 aliphatic heterocycles. The highest BCUT2D eigenvalue weighted by molar-refractivity contribution is 14.0. The van der Waals surface area contributed by atoms with Gasteiger partial charge in [0.05, 0.1) is 11.4 Å². The van der Waals surface area contributed by atoms with Crippen molar-refractivity contribution in [3.05, 3.63) is 82.7 Å². The van der Waals surface area contributed by atoms with Crippen LogP contribution < -0.4 is 10.6 Å². The Kier molecular flexibility index (Phi) is 8.04. The number of para-hydroxylation sites is 1. The van der Waals surface area contributed by atoms with E-state index in [1.165, 1.54) is 16.7 Å². The van der Waals surface area contributed by atoms with E-state index < -0.39 is 0 Å². The van der Waals surface area contributed by atoms with Crippen molar-refractivity contribution < 1.29 is 0 Å². The third-order valence-electron chi connectivity index (χ3n) is 4.61. The molecule has 0 radical (unpaired) electrons. The lowest BCUT2D eigenvalue weighted by atomic mass is 10.1. The van der Waals surface area contributed by atoms with Crippen LogP contribution in [0.15, 0.2) is 59.6 Å². The maximum atomic E-state index is 4.62. The Labute approximate surface area is 184 Å². The monoisotopic (exact) mass is 489 g/mol. The third-order valence-corrected chi connectivity index (χ3v) is 4.61. The van der Waals surface area contributed by atoms with Gasteiger partial charge in [-0.3, -0.25) is 4.99 Å². The number of aromatic nitrogens is 2. The lowest BCUT2D eigenvalue weighted by Crippen LogP contribution is -2.36. The summed E-state index contributed by atoms with van der Waals surface area (Å²) >= 11 is 0. The summed E-state index contributed by atoms with van der Waals surface area (Å²) in [6, 6.07) is 18.8. The van der Waals surface area contributed by atoms with E-state index in [9.17, 15) is 0 Å². The fraction of sp³-hybridized carbons (Fsp3) is 0.273. The van der Waals surface area contributed by atoms with Gasteiger partial charge in [-0.25, -0.2) is 4.68 Å². The molecule has 6 heteroatoms. The molecule has 3 aromatic rings. The molecule has 0 spiro atoms. The molecule has 0 aliphatic carbocycles. The minimum Gasteiger partial charge on any atom is -0.352 e. The number of rotatable bonds is 5. The first-order valence-corrected chi connectivity index (χ1v) is 9.19. The maximum absolute atomic E-state index is 4.62. The van der Waals surface area contributed by atoms with Gasteiger partial charge in [-0.2, -0.15) is 5.10 Å². The van der Waals surface area contributed by atoms with Crippen LogP contribution in [0.25, 0.3) is 5.69 Å². The molecule has 0 atom stereocenters. The van der Waals surface area contributed by atoms with Crippen LogP contribution in [0, 0.1) is 20.8 Å². The topological polar surface area (TPSA) is 54.2 Å². The van der Waals surface area contributed by atoms with Gasteiger partial charge in [0.1, 0.15) is 0 Å². The number of aliphatic imine (C=N–C) groups is 1. The summed E-state index contributed by atoms with van der Waals surface area (Å²) in [4.78, 5) is 4.34. The van der Waals surface area contributed by atoms with Gasteiger partial charge in [0.15, 0.2) is 5.96 Å². The van der Waals surface area contributed by atoms with Gasteiger partial charge < -0.3 is 10.6 Å². The van der Waals surface area contributed by atoms with Crippen LogP contribution in [0.4, 0.5) is 0 Å². The average molecular weight is 489 g/mol. The summed E-state index contributed by atoms with van der Waals surface area (Å²) in [5, 5.41) is 11.4. The smallest absolute Gasteiger partial charge is 0.191 e. The summed E-state index contributed by atoms with van der Waals surface area (Å²) in [5.74, 6) is 0.779. The molecule has 28 heavy (non-hydrogen) atoms. The number of benzene rings is 2. The maximum Gasteiger partial charge on any atom is 0.191 e. The molecule has 148 valence electrons. The molecule has 0 aliphatic rings. The van der Waals surface area contributed by atoms with Crippen molar-refractivity contribution >= 4 is 29.9 Å². The van der Waals surface area contributed by atoms with Crippen LogP contribution in [-0.4, -0.2) is 22.8 Å². The Bertz CT molecular complexity index is 946. The SMILES string of the molecule is CN=C(NCc1ccccc1C)NCc1ccccc1-n1nc(C)cc1C.I. The van der Waals surface area contributed by atoms with Crippen molar-refractivity contribution in [3.63, 3.8) is 0 Å². The predicted octanol–water partition coefficient (Wildman–Crippen LogP) is 4.28. The van der Waals surface area contributed by atoms with Crippen LogP contribution in [0.1, 0.15) is 28.1 Å². The van der Waals surface area contributed by atoms with E-state index in [1.807, 2.05) is 17.7 Å². The molecule has 0 fully saturated rings. The number of nitrogens with zero attached hydrogens (tertiary/aromatic N) is 3. The van der Waals surface area contributed by atoms with Crippen molar-refractivity contribution in [3.8, 4) is 5.69 Å². The molecule has 0 saturated heterocycles. The first-order chi connectivity index (χ1) is 13.1. The average Bonchev–Trinajstić information content (AvgIpc) is 3.01. The second kappa shape index (κ2) is 10.3. The second-order valence-electron chi connectivity index (χ2n) is 6.67. The van der Waals surface area contributed by atoms with Crippen LogP contribution in [0.2, 0.25) is 0 Å². The third kappa shape index (κ3) is 5.34. The van der Waals surface area contributed by atoms with E-state index in [4.69, 9.17) is 0 Å². The number of guanidine groups is 1. The Morgan fingerprint density at radius 3 is 2.14 bits per heavy atom. The standard InChI is InChI=1S/C22H27N5.HI/c1-16-9-5-6-10-19(16)14-24-22(23-4)25-15-20-11-7-8-12-21(20)27-18(3)13-17(2)26-27;/h5-13H,14-15H2,1-4H3,(H2,23,24,25);1H. The zero-order chi connectivity index (χ0) is 19.2. The van der Waals surface area contributed by atoms with E-state index in [1.54, 1.807) is 7.05 Å². The molecule has 0 unspecified atom stereocenters. The van der Waals surface area contributed by atoms with Gasteiger partial charge in [0.2, 0.25) is 0 Å². The minimum absolute atomic E-state index is 0. The summed E-state index contributed by atoms with van der Waals surface area (Å²) in [5.41, 5.74) is 6.94. The molecular formula is C22H28IN5. The Hall–Kier alpha value is -2.35. The van der Waals surface area contributed by atoms with Crippen LogP contribution >= 0.6 is 24.0 Å². The molecular weight excluding hydrogens is 461 g/mol. The van der Waals surface area contributed by atoms with E-state index in [0.29, 0.717) is 6.54 Å². The van der Waals surface area contributed by atoms with E-state index in [0.717, 1.165) is 29.6 Å². The van der Waals surface area contributed by atoms with Gasteiger partial charge in [0.25, 0.3) is 0 Å². The Morgan fingerprint density at radius 2 is 1.54 bits per heavy atom. The van der Waals surface area contributed by atoms with Crippen molar-refractivity contribution in [1.29, 1.82) is 0 Å². The Balaban J connectivity index is 0.00000280. The molecule has 3 rings (SSSR count). The summed E-state index contributed by atoms with van der Waals surface area (Å²) in [6.07, 6.45) is 0. The summed E-state index contributed by atoms with van der Waals surface area (Å²) < 4.78 is 2.00. The van der Waals surface area contributed by atoms with E-state index in [2.05, 4.69) is 83.1 Å². The predicted molar refractivity (Wildman–Crippen MR) is 127 cm³/mol. The molecule has 2 aromatic carbocycles. The van der Waals surface area contributed by atoms with Gasteiger partial charge in [-0.15, -0.1) is 24.0 Å². The highest BCUT2D eigenvalue weighted by atomic mass is 127. The summed E-state index contributed by atoms with van der Waals surface area (Å²) in [6.45, 7) is 7.62. The van der Waals surface area contributed by atoms with Crippen LogP contribution in [-0.2, 0) is 13.1 Å². The summed E-state index contributed by atoms with van der Waals surface area (Å²) in [7, 11) is 1.79. The zero-order valence-corrected chi connectivity index (χ0v) is 19.2. The first-order valence-electron chi connectivity index (χ1n) is 9.19. The quantitative estimate of drug-likeness (QED) is 0.320. The number of hydrogen-bond acceptors (Lipinski definition) is 2. The molecule has 0 saturated carbocycles. The number of aryl methyl sites for hydroxylation is 3. The van der Waals surface area contributed by atoms with Crippen molar-refractivity contribution in [2.45, 2.75) is 33.9 Å². The second-order valence-corrected chi connectivity index (χ2v) is 6.67. The zero-order valence-electron chi connectivity index (χ0n) is 16.9. The van der Waals surface area contributed by atoms with Crippen LogP contribution in [0.5, 0.6) is 0 Å². The highest BCUT2D eigenvalue weighted by Crippen LogP contribution is 2.17. The number of hydrogen-bond donors (Lipinski definition) is 2. The molecule has 0 bridgehead atoms. The van der Waals surface area contributed by atoms with Crippen molar-refractivity contribution in [1.82, 2.24) is 20.4 Å². The van der Waals surface area contributed by atoms with E-state index in [-0.39, 0.29) is 24.0 Å². The van der Waals surface area contributed by atoms with Crippen molar-refractivity contribution in [2.75, 3.05) is 7.05 Å². The lowest BCUT2D eigenvalue weighted by molar-refractivity contribution is 0.780. The molecule has 0 amide bonds. The largest absolute Gasteiger partial charge is 0.352 e. The molecule has 2 N–H and O–H groups in total. The first kappa shape index (κ1) is 21.9. The van der Waals surface area contributed by atoms with Crippen molar-refractivity contribution in [2.24, 2.45) is 4.99 Å². The number of nitrogens with one attached hydrogen (secondary N) is 2. The Morgan fingerprint density at radius 1 is 0.929 bits per heavy atom. The van der Waals surface area contributed by atoms with Crippen LogP contribution in [0.3, 0.4) is 0 Å². The molecule has 5 nitrogen and oxygen atoms in total. The van der Waals surface area contributed by atoms with Gasteiger partial charge >= 0.3 is 0 Å². The fourth-order valence-corrected chi connectivity index (χ4v) is 3.13.